The minimum Gasteiger partial charge on any atom is -0.395 e. The molecule has 33 heavy (non-hydrogen) atoms. The molecule has 10 heteroatoms. The molecule has 4 heterocycles. The summed E-state index contributed by atoms with van der Waals surface area (Å²) in [5.74, 6) is 0.713. The molecule has 0 atom stereocenters. The number of aromatic nitrogens is 3. The number of nitrogens with zero attached hydrogens (tertiary/aromatic N) is 5. The maximum absolute atomic E-state index is 12.7. The Morgan fingerprint density at radius 1 is 1.15 bits per heavy atom. The lowest BCUT2D eigenvalue weighted by Crippen LogP contribution is -2.47. The van der Waals surface area contributed by atoms with Crippen molar-refractivity contribution in [1.29, 1.82) is 0 Å². The summed E-state index contributed by atoms with van der Waals surface area (Å²) in [6, 6.07) is 5.85. The Balaban J connectivity index is 1.43. The Kier molecular flexibility index (Phi) is 7.17. The average Bonchev–Trinajstić information content (AvgIpc) is 3.25. The average molecular weight is 468 g/mol. The molecule has 0 spiro atoms. The number of carbonyl (C=O) groups excluding carboxylic acids is 1. The number of pyridine rings is 2. The quantitative estimate of drug-likeness (QED) is 0.487. The Labute approximate surface area is 197 Å². The number of anilines is 4. The van der Waals surface area contributed by atoms with Crippen LogP contribution in [0.25, 0.3) is 0 Å². The second kappa shape index (κ2) is 10.2. The normalized spacial score (nSPS) is 14.4. The van der Waals surface area contributed by atoms with Crippen LogP contribution in [0.5, 0.6) is 0 Å². The first-order valence-electron chi connectivity index (χ1n) is 11.0. The summed E-state index contributed by atoms with van der Waals surface area (Å²) >= 11 is 1.30. The van der Waals surface area contributed by atoms with Gasteiger partial charge >= 0.3 is 0 Å². The van der Waals surface area contributed by atoms with Crippen molar-refractivity contribution in [2.75, 3.05) is 54.9 Å². The molecule has 0 aliphatic carbocycles. The number of thiazole rings is 1. The second-order valence-electron chi connectivity index (χ2n) is 8.10. The van der Waals surface area contributed by atoms with Crippen molar-refractivity contribution >= 4 is 39.6 Å². The molecule has 3 N–H and O–H groups in total. The van der Waals surface area contributed by atoms with Crippen LogP contribution in [0, 0.1) is 20.8 Å². The summed E-state index contributed by atoms with van der Waals surface area (Å²) in [5, 5.41) is 16.1. The summed E-state index contributed by atoms with van der Waals surface area (Å²) in [6.07, 6.45) is 3.31. The zero-order valence-electron chi connectivity index (χ0n) is 19.1. The first-order chi connectivity index (χ1) is 15.9. The lowest BCUT2D eigenvalue weighted by Gasteiger charge is -2.35. The van der Waals surface area contributed by atoms with Gasteiger partial charge in [0.2, 0.25) is 0 Å². The molecule has 0 saturated carbocycles. The molecule has 3 aromatic heterocycles. The van der Waals surface area contributed by atoms with E-state index in [4.69, 9.17) is 10.1 Å². The molecule has 1 amide bonds. The maximum atomic E-state index is 12.7. The van der Waals surface area contributed by atoms with Crippen molar-refractivity contribution in [3.63, 3.8) is 0 Å². The van der Waals surface area contributed by atoms with Crippen LogP contribution in [0.2, 0.25) is 0 Å². The van der Waals surface area contributed by atoms with Crippen molar-refractivity contribution in [2.45, 2.75) is 20.8 Å². The highest BCUT2D eigenvalue weighted by Crippen LogP contribution is 2.27. The van der Waals surface area contributed by atoms with Gasteiger partial charge in [0.25, 0.3) is 5.91 Å². The third-order valence-electron chi connectivity index (χ3n) is 5.62. The van der Waals surface area contributed by atoms with E-state index in [-0.39, 0.29) is 12.5 Å². The molecule has 4 rings (SSSR count). The van der Waals surface area contributed by atoms with E-state index in [0.29, 0.717) is 16.6 Å². The van der Waals surface area contributed by atoms with Crippen LogP contribution in [0.3, 0.4) is 0 Å². The number of aryl methyl sites for hydroxylation is 3. The number of piperazine rings is 1. The van der Waals surface area contributed by atoms with Crippen molar-refractivity contribution in [2.24, 2.45) is 0 Å². The van der Waals surface area contributed by atoms with Crippen molar-refractivity contribution in [1.82, 2.24) is 19.9 Å². The number of amides is 1. The molecule has 1 aliphatic heterocycles. The van der Waals surface area contributed by atoms with Gasteiger partial charge in [-0.15, -0.1) is 0 Å². The fraction of sp³-hybridized carbons (Fsp3) is 0.391. The third kappa shape index (κ3) is 5.65. The van der Waals surface area contributed by atoms with Crippen LogP contribution in [-0.2, 0) is 0 Å². The molecule has 3 aromatic rings. The smallest absolute Gasteiger partial charge is 0.267 e. The molecule has 1 fully saturated rings. The number of carbonyl (C=O) groups is 1. The Hall–Kier alpha value is -3.08. The van der Waals surface area contributed by atoms with Crippen LogP contribution in [-0.4, -0.2) is 70.2 Å². The largest absolute Gasteiger partial charge is 0.395 e. The van der Waals surface area contributed by atoms with Crippen molar-refractivity contribution in [3.05, 3.63) is 52.4 Å². The molecular formula is C23H29N7O2S. The van der Waals surface area contributed by atoms with Crippen molar-refractivity contribution < 1.29 is 9.90 Å². The molecule has 0 radical (unpaired) electrons. The van der Waals surface area contributed by atoms with E-state index in [0.717, 1.165) is 60.3 Å². The van der Waals surface area contributed by atoms with Gasteiger partial charge in [-0.1, -0.05) is 11.3 Å². The van der Waals surface area contributed by atoms with Crippen LogP contribution in [0.1, 0.15) is 26.6 Å². The number of nitrogens with one attached hydrogen (secondary N) is 2. The minimum atomic E-state index is -0.202. The Morgan fingerprint density at radius 2 is 1.94 bits per heavy atom. The number of aliphatic hydroxyl groups is 1. The summed E-state index contributed by atoms with van der Waals surface area (Å²) < 4.78 is 0. The molecular weight excluding hydrogens is 438 g/mol. The van der Waals surface area contributed by atoms with Crippen LogP contribution in [0.4, 0.5) is 22.3 Å². The molecule has 0 bridgehead atoms. The monoisotopic (exact) mass is 467 g/mol. The van der Waals surface area contributed by atoms with E-state index in [2.05, 4.69) is 30.4 Å². The van der Waals surface area contributed by atoms with Crippen LogP contribution >= 0.6 is 11.3 Å². The zero-order valence-corrected chi connectivity index (χ0v) is 19.9. The van der Waals surface area contributed by atoms with Gasteiger partial charge < -0.3 is 20.6 Å². The molecule has 9 nitrogen and oxygen atoms in total. The summed E-state index contributed by atoms with van der Waals surface area (Å²) in [7, 11) is 0. The Bertz CT molecular complexity index is 1110. The number of rotatable bonds is 7. The van der Waals surface area contributed by atoms with Gasteiger partial charge in [0.05, 0.1) is 24.2 Å². The fourth-order valence-corrected chi connectivity index (χ4v) is 4.58. The molecule has 0 aromatic carbocycles. The number of aliphatic hydroxyl groups excluding tert-OH is 1. The van der Waals surface area contributed by atoms with E-state index in [1.54, 1.807) is 12.4 Å². The van der Waals surface area contributed by atoms with Crippen molar-refractivity contribution in [3.8, 4) is 0 Å². The van der Waals surface area contributed by atoms with Gasteiger partial charge in [-0.2, -0.15) is 0 Å². The third-order valence-corrected chi connectivity index (χ3v) is 6.53. The predicted octanol–water partition coefficient (Wildman–Crippen LogP) is 2.97. The maximum Gasteiger partial charge on any atom is 0.267 e. The number of hydrogen-bond acceptors (Lipinski definition) is 9. The lowest BCUT2D eigenvalue weighted by atomic mass is 10.2. The summed E-state index contributed by atoms with van der Waals surface area (Å²) in [5.41, 5.74) is 4.28. The van der Waals surface area contributed by atoms with Gasteiger partial charge in [0, 0.05) is 56.4 Å². The van der Waals surface area contributed by atoms with E-state index in [1.807, 2.05) is 39.0 Å². The highest BCUT2D eigenvalue weighted by atomic mass is 32.1. The second-order valence-corrected chi connectivity index (χ2v) is 9.14. The highest BCUT2D eigenvalue weighted by molar-refractivity contribution is 7.17. The number of hydrogen-bond donors (Lipinski definition) is 3. The standard InChI is InChI=1S/C23H29N7O2S/c1-15-4-5-24-17(3)21(15)28-22(32)19-14-25-23(33-19)27-18-12-16(2)26-20(13-18)30-8-6-29(7-9-30)10-11-31/h4-5,12-14,31H,6-11H2,1-3H3,(H,28,32)(H,25,26,27). The van der Waals surface area contributed by atoms with Crippen LogP contribution in [0.15, 0.2) is 30.6 Å². The van der Waals surface area contributed by atoms with E-state index in [1.165, 1.54) is 11.3 Å². The molecule has 1 saturated heterocycles. The van der Waals surface area contributed by atoms with E-state index in [9.17, 15) is 4.79 Å². The molecule has 1 aliphatic rings. The van der Waals surface area contributed by atoms with Gasteiger partial charge in [0.1, 0.15) is 10.7 Å². The first kappa shape index (κ1) is 23.1. The first-order valence-corrected chi connectivity index (χ1v) is 11.8. The summed E-state index contributed by atoms with van der Waals surface area (Å²) in [4.78, 5) is 31.1. The molecule has 0 unspecified atom stereocenters. The molecule has 174 valence electrons. The van der Waals surface area contributed by atoms with Crippen LogP contribution < -0.4 is 15.5 Å². The van der Waals surface area contributed by atoms with Gasteiger partial charge in [0.15, 0.2) is 5.13 Å². The van der Waals surface area contributed by atoms with Gasteiger partial charge in [-0.05, 0) is 38.5 Å². The number of β-amino-alcohol motifs (C(OH)–C–C–N with tert-alkyl or cyclic N) is 1. The van der Waals surface area contributed by atoms with Gasteiger partial charge in [-0.25, -0.2) is 9.97 Å². The van der Waals surface area contributed by atoms with Gasteiger partial charge in [-0.3, -0.25) is 14.7 Å². The topological polar surface area (TPSA) is 107 Å². The zero-order chi connectivity index (χ0) is 23.4. The Morgan fingerprint density at radius 3 is 2.67 bits per heavy atom. The van der Waals surface area contributed by atoms with E-state index >= 15 is 0 Å². The minimum absolute atomic E-state index is 0.187. The van der Waals surface area contributed by atoms with E-state index < -0.39 is 0 Å². The highest BCUT2D eigenvalue weighted by Gasteiger charge is 2.19. The lowest BCUT2D eigenvalue weighted by molar-refractivity contribution is 0.103. The predicted molar refractivity (Wildman–Crippen MR) is 132 cm³/mol. The SMILES string of the molecule is Cc1cc(Nc2ncc(C(=O)Nc3c(C)ccnc3C)s2)cc(N2CCN(CCO)CC2)n1. The fourth-order valence-electron chi connectivity index (χ4n) is 3.85. The summed E-state index contributed by atoms with van der Waals surface area (Å²) in [6.45, 7) is 10.2.